The predicted molar refractivity (Wildman–Crippen MR) is 145 cm³/mol. The molecule has 0 amide bonds. The van der Waals surface area contributed by atoms with Crippen LogP contribution in [0.25, 0.3) is 10.9 Å². The van der Waals surface area contributed by atoms with Crippen molar-refractivity contribution in [1.82, 2.24) is 19.2 Å². The lowest BCUT2D eigenvalue weighted by Gasteiger charge is -2.37. The van der Waals surface area contributed by atoms with E-state index in [1.807, 2.05) is 6.07 Å². The lowest BCUT2D eigenvalue weighted by Crippen LogP contribution is -2.34. The van der Waals surface area contributed by atoms with Crippen molar-refractivity contribution in [2.24, 2.45) is 5.41 Å². The normalized spacial score (nSPS) is 21.4. The zero-order chi connectivity index (χ0) is 27.8. The minimum absolute atomic E-state index is 0.0544. The first-order valence-electron chi connectivity index (χ1n) is 13.0. The van der Waals surface area contributed by atoms with Gasteiger partial charge in [-0.1, -0.05) is 6.92 Å². The van der Waals surface area contributed by atoms with Crippen molar-refractivity contribution in [2.45, 2.75) is 45.1 Å². The van der Waals surface area contributed by atoms with Crippen molar-refractivity contribution in [1.29, 1.82) is 5.26 Å². The van der Waals surface area contributed by atoms with Crippen molar-refractivity contribution < 1.29 is 17.5 Å². The van der Waals surface area contributed by atoms with Crippen LogP contribution in [-0.2, 0) is 10.2 Å². The minimum atomic E-state index is -3.96. The number of hydrogen-bond donors (Lipinski definition) is 2. The lowest BCUT2D eigenvalue weighted by atomic mass is 9.72. The maximum atomic E-state index is 14.8. The zero-order valence-electron chi connectivity index (χ0n) is 21.9. The third-order valence-corrected chi connectivity index (χ3v) is 9.59. The number of ether oxygens (including phenoxy) is 1. The quantitative estimate of drug-likeness (QED) is 0.453. The van der Waals surface area contributed by atoms with E-state index in [9.17, 15) is 22.9 Å². The van der Waals surface area contributed by atoms with Crippen LogP contribution in [0.3, 0.4) is 0 Å². The molecule has 10 nitrogen and oxygen atoms in total. The molecule has 1 saturated heterocycles. The van der Waals surface area contributed by atoms with Gasteiger partial charge in [0.05, 0.1) is 22.9 Å². The number of nitriles is 1. The van der Waals surface area contributed by atoms with Gasteiger partial charge in [-0.05, 0) is 74.4 Å². The Hall–Kier alpha value is -3.53. The summed E-state index contributed by atoms with van der Waals surface area (Å²) in [6, 6.07) is 8.68. The molecule has 0 atom stereocenters. The number of rotatable bonds is 7. The summed E-state index contributed by atoms with van der Waals surface area (Å²) >= 11 is 0. The fourth-order valence-electron chi connectivity index (χ4n) is 5.51. The van der Waals surface area contributed by atoms with Gasteiger partial charge < -0.3 is 10.1 Å². The van der Waals surface area contributed by atoms with Crippen LogP contribution in [0.4, 0.5) is 10.1 Å². The average Bonchev–Trinajstić information content (AvgIpc) is 3.39. The maximum absolute atomic E-state index is 14.8. The highest BCUT2D eigenvalue weighted by Crippen LogP contribution is 2.44. The molecule has 2 aliphatic rings. The molecule has 1 aliphatic heterocycles. The van der Waals surface area contributed by atoms with Crippen molar-refractivity contribution >= 4 is 26.8 Å². The van der Waals surface area contributed by atoms with E-state index >= 15 is 0 Å². The van der Waals surface area contributed by atoms with Gasteiger partial charge in [-0.25, -0.2) is 9.37 Å². The topological polar surface area (TPSA) is 129 Å². The Morgan fingerprint density at radius 2 is 2.05 bits per heavy atom. The number of aromatic nitrogens is 2. The number of benzene rings is 2. The smallest absolute Gasteiger partial charge is 0.301 e. The fourth-order valence-corrected chi connectivity index (χ4v) is 6.46. The van der Waals surface area contributed by atoms with Crippen LogP contribution in [0.5, 0.6) is 11.5 Å². The molecule has 5 rings (SSSR count). The van der Waals surface area contributed by atoms with E-state index in [0.29, 0.717) is 16.3 Å². The Balaban J connectivity index is 1.45. The molecule has 2 N–H and O–H groups in total. The first kappa shape index (κ1) is 27.1. The van der Waals surface area contributed by atoms with Crippen LogP contribution in [0.15, 0.2) is 41.5 Å². The van der Waals surface area contributed by atoms with Gasteiger partial charge >= 0.3 is 10.2 Å². The minimum Gasteiger partial charge on any atom is -0.453 e. The van der Waals surface area contributed by atoms with Gasteiger partial charge in [-0.3, -0.25) is 14.1 Å². The van der Waals surface area contributed by atoms with Gasteiger partial charge in [0.1, 0.15) is 17.4 Å². The Labute approximate surface area is 226 Å². The first-order valence-corrected chi connectivity index (χ1v) is 14.5. The molecular weight excluding hydrogens is 523 g/mol. The number of nitrogens with zero attached hydrogens (tertiary/aromatic N) is 4. The summed E-state index contributed by atoms with van der Waals surface area (Å²) in [5.41, 5.74) is 0.167. The van der Waals surface area contributed by atoms with E-state index in [-0.39, 0.29) is 35.1 Å². The van der Waals surface area contributed by atoms with E-state index in [0.717, 1.165) is 49.1 Å². The summed E-state index contributed by atoms with van der Waals surface area (Å²) in [5, 5.41) is 13.5. The van der Waals surface area contributed by atoms with Crippen LogP contribution in [0.1, 0.15) is 50.6 Å². The van der Waals surface area contributed by atoms with E-state index in [2.05, 4.69) is 15.0 Å². The van der Waals surface area contributed by atoms with Gasteiger partial charge in [0, 0.05) is 26.2 Å². The van der Waals surface area contributed by atoms with Crippen LogP contribution in [0.2, 0.25) is 0 Å². The predicted octanol–water partition coefficient (Wildman–Crippen LogP) is 3.90. The molecule has 2 fully saturated rings. The molecule has 1 aromatic heterocycles. The molecule has 1 saturated carbocycles. The van der Waals surface area contributed by atoms with E-state index in [1.165, 1.54) is 31.7 Å². The highest BCUT2D eigenvalue weighted by molar-refractivity contribution is 7.90. The standard InChI is InChI=1S/C27H31FN6O4S/c1-3-33(2)39(36,37)32-24-7-5-22(28)25(21(24)15-29)38-19-4-6-23-20(14-19)26(35)34(17-31-23)18-8-10-27(11-9-18)12-13-30-16-27/h4-7,14,17-18,30,32H,3,8-13,16H2,1-2H3. The number of halogens is 1. The van der Waals surface area contributed by atoms with Crippen molar-refractivity contribution in [2.75, 3.05) is 31.4 Å². The Morgan fingerprint density at radius 1 is 1.28 bits per heavy atom. The number of nitrogens with one attached hydrogen (secondary N) is 2. The highest BCUT2D eigenvalue weighted by atomic mass is 32.2. The van der Waals surface area contributed by atoms with Crippen LogP contribution in [-0.4, -0.2) is 49.0 Å². The number of fused-ring (bicyclic) bond motifs is 1. The van der Waals surface area contributed by atoms with Crippen molar-refractivity contribution in [3.05, 3.63) is 58.4 Å². The van der Waals surface area contributed by atoms with Crippen molar-refractivity contribution in [3.8, 4) is 17.6 Å². The number of hydrogen-bond acceptors (Lipinski definition) is 7. The molecule has 1 aliphatic carbocycles. The van der Waals surface area contributed by atoms with Gasteiger partial charge in [0.25, 0.3) is 5.56 Å². The van der Waals surface area contributed by atoms with E-state index < -0.39 is 21.8 Å². The van der Waals surface area contributed by atoms with Crippen LogP contribution >= 0.6 is 0 Å². The second-order valence-corrected chi connectivity index (χ2v) is 12.1. The third-order valence-electron chi connectivity index (χ3n) is 8.03. The summed E-state index contributed by atoms with van der Waals surface area (Å²) in [5.74, 6) is -1.16. The molecule has 3 aromatic rings. The summed E-state index contributed by atoms with van der Waals surface area (Å²) in [4.78, 5) is 18.0. The third kappa shape index (κ3) is 5.22. The molecule has 12 heteroatoms. The molecule has 0 radical (unpaired) electrons. The summed E-state index contributed by atoms with van der Waals surface area (Å²) < 4.78 is 50.6. The monoisotopic (exact) mass is 554 g/mol. The van der Waals surface area contributed by atoms with Crippen molar-refractivity contribution in [3.63, 3.8) is 0 Å². The second-order valence-electron chi connectivity index (χ2n) is 10.3. The Bertz CT molecular complexity index is 1600. The fraction of sp³-hybridized carbons (Fsp3) is 0.444. The largest absolute Gasteiger partial charge is 0.453 e. The first-order chi connectivity index (χ1) is 18.7. The molecule has 2 aromatic carbocycles. The van der Waals surface area contributed by atoms with Gasteiger partial charge in [0.15, 0.2) is 11.6 Å². The molecule has 2 heterocycles. The molecule has 1 spiro atoms. The van der Waals surface area contributed by atoms with Crippen LogP contribution in [0, 0.1) is 22.6 Å². The lowest BCUT2D eigenvalue weighted by molar-refractivity contribution is 0.170. The van der Waals surface area contributed by atoms with Gasteiger partial charge in [-0.15, -0.1) is 0 Å². The van der Waals surface area contributed by atoms with Crippen LogP contribution < -0.4 is 20.3 Å². The SMILES string of the molecule is CCN(C)S(=O)(=O)Nc1ccc(F)c(Oc2ccc3ncn(C4CCC5(CCNC5)CC4)c(=O)c3c2)c1C#N. The molecule has 0 bridgehead atoms. The second kappa shape index (κ2) is 10.6. The zero-order valence-corrected chi connectivity index (χ0v) is 22.7. The number of anilines is 1. The molecule has 39 heavy (non-hydrogen) atoms. The Kier molecular flexibility index (Phi) is 7.33. The summed E-state index contributed by atoms with van der Waals surface area (Å²) in [7, 11) is -2.58. The molecule has 0 unspecified atom stereocenters. The average molecular weight is 555 g/mol. The molecule has 206 valence electrons. The molecular formula is C27H31FN6O4S. The summed E-state index contributed by atoms with van der Waals surface area (Å²) in [6.07, 6.45) is 6.68. The summed E-state index contributed by atoms with van der Waals surface area (Å²) in [6.45, 7) is 3.93. The van der Waals surface area contributed by atoms with E-state index in [1.54, 1.807) is 23.9 Å². The highest BCUT2D eigenvalue weighted by Gasteiger charge is 2.38. The van der Waals surface area contributed by atoms with Gasteiger partial charge in [0.2, 0.25) is 0 Å². The van der Waals surface area contributed by atoms with Gasteiger partial charge in [-0.2, -0.15) is 18.0 Å². The maximum Gasteiger partial charge on any atom is 0.301 e. The Morgan fingerprint density at radius 3 is 2.72 bits per heavy atom. The van der Waals surface area contributed by atoms with E-state index in [4.69, 9.17) is 4.74 Å².